The van der Waals surface area contributed by atoms with E-state index in [0.29, 0.717) is 12.4 Å². The van der Waals surface area contributed by atoms with E-state index in [9.17, 15) is 4.79 Å². The third-order valence-corrected chi connectivity index (χ3v) is 2.82. The molecule has 0 fully saturated rings. The Kier molecular flexibility index (Phi) is 3.64. The van der Waals surface area contributed by atoms with E-state index in [-0.39, 0.29) is 12.3 Å². The lowest BCUT2D eigenvalue weighted by Gasteiger charge is -2.09. The van der Waals surface area contributed by atoms with E-state index in [0.717, 1.165) is 17.1 Å². The van der Waals surface area contributed by atoms with Gasteiger partial charge in [-0.15, -0.1) is 5.10 Å². The number of hydrogen-bond acceptors (Lipinski definition) is 5. The van der Waals surface area contributed by atoms with Gasteiger partial charge < -0.3 is 9.52 Å². The summed E-state index contributed by atoms with van der Waals surface area (Å²) in [5, 5.41) is 20.3. The number of aromatic nitrogens is 4. The first-order valence-corrected chi connectivity index (χ1v) is 6.02. The monoisotopic (exact) mass is 264 g/mol. The minimum absolute atomic E-state index is 0.0481. The van der Waals surface area contributed by atoms with Crippen LogP contribution < -0.4 is 0 Å². The third-order valence-electron chi connectivity index (χ3n) is 2.82. The van der Waals surface area contributed by atoms with Crippen molar-refractivity contribution < 1.29 is 14.3 Å². The van der Waals surface area contributed by atoms with Gasteiger partial charge in [0.25, 0.3) is 0 Å². The Morgan fingerprint density at radius 3 is 2.84 bits per heavy atom. The Morgan fingerprint density at radius 2 is 2.26 bits per heavy atom. The number of aliphatic carboxylic acids is 1. The zero-order chi connectivity index (χ0) is 14.0. The van der Waals surface area contributed by atoms with E-state index >= 15 is 0 Å². The second-order valence-corrected chi connectivity index (χ2v) is 4.71. The number of carboxylic acid groups (broad SMARTS) is 1. The van der Waals surface area contributed by atoms with Gasteiger partial charge in [0, 0.05) is 13.0 Å². The first-order chi connectivity index (χ1) is 8.97. The molecule has 0 radical (unpaired) electrons. The number of aryl methyl sites for hydroxylation is 2. The van der Waals surface area contributed by atoms with E-state index in [1.165, 1.54) is 0 Å². The molecule has 1 atom stereocenters. The summed E-state index contributed by atoms with van der Waals surface area (Å²) in [5.74, 6) is 1.28. The summed E-state index contributed by atoms with van der Waals surface area (Å²) in [7, 11) is 0. The lowest BCUT2D eigenvalue weighted by Crippen LogP contribution is -2.14. The van der Waals surface area contributed by atoms with Gasteiger partial charge in [-0.05, 0) is 36.3 Å². The highest BCUT2D eigenvalue weighted by atomic mass is 16.4. The smallest absolute Gasteiger partial charge is 0.303 e. The molecule has 19 heavy (non-hydrogen) atoms. The van der Waals surface area contributed by atoms with E-state index in [1.807, 2.05) is 26.8 Å². The molecule has 2 aromatic heterocycles. The van der Waals surface area contributed by atoms with Crippen molar-refractivity contribution in [2.45, 2.75) is 33.7 Å². The normalized spacial score (nSPS) is 12.6. The van der Waals surface area contributed by atoms with Gasteiger partial charge in [-0.2, -0.15) is 0 Å². The predicted octanol–water partition coefficient (Wildman–Crippen LogP) is 1.66. The van der Waals surface area contributed by atoms with Crippen molar-refractivity contribution >= 4 is 5.97 Å². The maximum Gasteiger partial charge on any atom is 0.303 e. The molecular weight excluding hydrogens is 248 g/mol. The van der Waals surface area contributed by atoms with Crippen molar-refractivity contribution in [2.24, 2.45) is 5.92 Å². The zero-order valence-corrected chi connectivity index (χ0v) is 11.1. The second kappa shape index (κ2) is 5.21. The first kappa shape index (κ1) is 13.3. The lowest BCUT2D eigenvalue weighted by molar-refractivity contribution is -0.138. The molecule has 102 valence electrons. The number of rotatable bonds is 5. The van der Waals surface area contributed by atoms with Gasteiger partial charge >= 0.3 is 5.97 Å². The fraction of sp³-hybridized carbons (Fsp3) is 0.500. The number of tetrazole rings is 1. The molecule has 0 aromatic carbocycles. The number of nitrogens with zero attached hydrogens (tertiary/aromatic N) is 4. The quantitative estimate of drug-likeness (QED) is 0.882. The molecule has 0 saturated heterocycles. The van der Waals surface area contributed by atoms with Gasteiger partial charge in [0.15, 0.2) is 5.82 Å². The van der Waals surface area contributed by atoms with Crippen LogP contribution in [0.4, 0.5) is 0 Å². The van der Waals surface area contributed by atoms with E-state index in [1.54, 1.807) is 4.68 Å². The van der Waals surface area contributed by atoms with Crippen LogP contribution in [0.5, 0.6) is 0 Å². The molecular formula is C12H16N4O3. The molecule has 0 amide bonds. The minimum atomic E-state index is -0.822. The van der Waals surface area contributed by atoms with Gasteiger partial charge in [-0.25, -0.2) is 4.68 Å². The van der Waals surface area contributed by atoms with Crippen LogP contribution in [0.3, 0.4) is 0 Å². The maximum absolute atomic E-state index is 10.7. The minimum Gasteiger partial charge on any atom is -0.481 e. The molecule has 0 aliphatic heterocycles. The zero-order valence-electron chi connectivity index (χ0n) is 11.1. The van der Waals surface area contributed by atoms with Crippen LogP contribution in [0.1, 0.15) is 24.9 Å². The van der Waals surface area contributed by atoms with Crippen LogP contribution in [-0.2, 0) is 11.3 Å². The van der Waals surface area contributed by atoms with Crippen molar-refractivity contribution in [3.8, 4) is 11.4 Å². The lowest BCUT2D eigenvalue weighted by atomic mass is 10.1. The first-order valence-electron chi connectivity index (χ1n) is 6.02. The molecule has 0 saturated carbocycles. The van der Waals surface area contributed by atoms with Crippen molar-refractivity contribution in [3.63, 3.8) is 0 Å². The fourth-order valence-electron chi connectivity index (χ4n) is 2.03. The van der Waals surface area contributed by atoms with E-state index in [2.05, 4.69) is 15.5 Å². The van der Waals surface area contributed by atoms with Crippen LogP contribution in [0.2, 0.25) is 0 Å². The molecule has 0 aliphatic carbocycles. The number of carbonyl (C=O) groups is 1. The molecule has 7 heteroatoms. The molecule has 2 heterocycles. The summed E-state index contributed by atoms with van der Waals surface area (Å²) < 4.78 is 7.08. The molecule has 0 bridgehead atoms. The molecule has 0 aliphatic rings. The second-order valence-electron chi connectivity index (χ2n) is 4.71. The van der Waals surface area contributed by atoms with Crippen LogP contribution in [0.15, 0.2) is 10.5 Å². The Bertz CT molecular complexity index is 588. The Morgan fingerprint density at radius 1 is 1.53 bits per heavy atom. The van der Waals surface area contributed by atoms with Crippen molar-refractivity contribution in [1.29, 1.82) is 0 Å². The summed E-state index contributed by atoms with van der Waals surface area (Å²) >= 11 is 0. The number of furan rings is 1. The molecule has 1 unspecified atom stereocenters. The molecule has 7 nitrogen and oxygen atoms in total. The summed E-state index contributed by atoms with van der Waals surface area (Å²) in [6.07, 6.45) is 0.0860. The average Bonchev–Trinajstić information content (AvgIpc) is 2.83. The largest absolute Gasteiger partial charge is 0.481 e. The number of hydrogen-bond donors (Lipinski definition) is 1. The molecule has 1 N–H and O–H groups in total. The van der Waals surface area contributed by atoms with Crippen molar-refractivity contribution in [2.75, 3.05) is 0 Å². The van der Waals surface area contributed by atoms with E-state index < -0.39 is 5.97 Å². The van der Waals surface area contributed by atoms with Gasteiger partial charge in [0.2, 0.25) is 0 Å². The summed E-state index contributed by atoms with van der Waals surface area (Å²) in [6, 6.07) is 1.87. The van der Waals surface area contributed by atoms with Gasteiger partial charge in [0.05, 0.1) is 5.56 Å². The van der Waals surface area contributed by atoms with Gasteiger partial charge in [-0.1, -0.05) is 6.92 Å². The Hall–Kier alpha value is -2.18. The number of carboxylic acids is 1. The molecule has 0 spiro atoms. The SMILES string of the molecule is Cc1cc(-c2nnnn2CC(C)CC(=O)O)c(C)o1. The van der Waals surface area contributed by atoms with Crippen LogP contribution in [0.25, 0.3) is 11.4 Å². The fourth-order valence-corrected chi connectivity index (χ4v) is 2.03. The van der Waals surface area contributed by atoms with Crippen LogP contribution >= 0.6 is 0 Å². The summed E-state index contributed by atoms with van der Waals surface area (Å²) in [5.41, 5.74) is 0.838. The highest BCUT2D eigenvalue weighted by Gasteiger charge is 2.17. The van der Waals surface area contributed by atoms with Crippen LogP contribution in [0, 0.1) is 19.8 Å². The Labute approximate surface area is 110 Å². The van der Waals surface area contributed by atoms with Gasteiger partial charge in [0.1, 0.15) is 11.5 Å². The Balaban J connectivity index is 2.23. The highest BCUT2D eigenvalue weighted by molar-refractivity contribution is 5.67. The topological polar surface area (TPSA) is 94.0 Å². The standard InChI is InChI=1S/C12H16N4O3/c1-7(4-11(17)18)6-16-12(13-14-15-16)10-5-8(2)19-9(10)3/h5,7H,4,6H2,1-3H3,(H,17,18). The van der Waals surface area contributed by atoms with Crippen LogP contribution in [-0.4, -0.2) is 31.3 Å². The van der Waals surface area contributed by atoms with Gasteiger partial charge in [-0.3, -0.25) is 4.79 Å². The van der Waals surface area contributed by atoms with Crippen molar-refractivity contribution in [1.82, 2.24) is 20.2 Å². The summed E-state index contributed by atoms with van der Waals surface area (Å²) in [4.78, 5) is 10.7. The summed E-state index contributed by atoms with van der Waals surface area (Å²) in [6.45, 7) is 6.02. The maximum atomic E-state index is 10.7. The van der Waals surface area contributed by atoms with Crippen molar-refractivity contribution in [3.05, 3.63) is 17.6 Å². The third kappa shape index (κ3) is 2.98. The predicted molar refractivity (Wildman–Crippen MR) is 66.4 cm³/mol. The molecule has 2 rings (SSSR count). The molecule has 2 aromatic rings. The highest BCUT2D eigenvalue weighted by Crippen LogP contribution is 2.24. The van der Waals surface area contributed by atoms with E-state index in [4.69, 9.17) is 9.52 Å². The average molecular weight is 264 g/mol.